The van der Waals surface area contributed by atoms with Crippen LogP contribution in [0.4, 0.5) is 0 Å². The number of hydrazine groups is 1. The SMILES string of the molecule is NNC(c1cccc(OC2CC2)c1)c1cc2c(s1)CCC2. The topological polar surface area (TPSA) is 47.3 Å². The van der Waals surface area contributed by atoms with Gasteiger partial charge in [-0.05, 0) is 61.4 Å². The first-order valence-corrected chi connectivity index (χ1v) is 8.49. The van der Waals surface area contributed by atoms with E-state index in [0.717, 1.165) is 5.75 Å². The van der Waals surface area contributed by atoms with Gasteiger partial charge >= 0.3 is 0 Å². The summed E-state index contributed by atoms with van der Waals surface area (Å²) in [6.07, 6.45) is 6.53. The Kier molecular flexibility index (Phi) is 3.45. The third-order valence-electron chi connectivity index (χ3n) is 4.24. The number of nitrogens with one attached hydrogen (secondary N) is 1. The summed E-state index contributed by atoms with van der Waals surface area (Å²) in [6, 6.07) is 10.7. The van der Waals surface area contributed by atoms with E-state index >= 15 is 0 Å². The van der Waals surface area contributed by atoms with E-state index in [1.54, 1.807) is 0 Å². The lowest BCUT2D eigenvalue weighted by Crippen LogP contribution is -2.28. The number of nitrogens with two attached hydrogens (primary N) is 1. The van der Waals surface area contributed by atoms with E-state index in [2.05, 4.69) is 29.7 Å². The lowest BCUT2D eigenvalue weighted by atomic mass is 10.0. The summed E-state index contributed by atoms with van der Waals surface area (Å²) in [4.78, 5) is 2.85. The van der Waals surface area contributed by atoms with Gasteiger partial charge in [-0.25, -0.2) is 5.43 Å². The van der Waals surface area contributed by atoms with Crippen molar-refractivity contribution in [2.24, 2.45) is 5.84 Å². The second kappa shape index (κ2) is 5.44. The van der Waals surface area contributed by atoms with Crippen molar-refractivity contribution in [3.8, 4) is 5.75 Å². The van der Waals surface area contributed by atoms with E-state index in [4.69, 9.17) is 10.6 Å². The number of benzene rings is 1. The van der Waals surface area contributed by atoms with Crippen molar-refractivity contribution < 1.29 is 4.74 Å². The van der Waals surface area contributed by atoms with Gasteiger partial charge in [0.25, 0.3) is 0 Å². The van der Waals surface area contributed by atoms with Crippen molar-refractivity contribution in [2.75, 3.05) is 0 Å². The highest BCUT2D eigenvalue weighted by molar-refractivity contribution is 7.12. The first kappa shape index (κ1) is 13.3. The van der Waals surface area contributed by atoms with Gasteiger partial charge in [0.1, 0.15) is 5.75 Å². The molecule has 1 aromatic heterocycles. The Hall–Kier alpha value is -1.36. The molecule has 21 heavy (non-hydrogen) atoms. The molecule has 3 nitrogen and oxygen atoms in total. The van der Waals surface area contributed by atoms with Gasteiger partial charge < -0.3 is 4.74 Å². The lowest BCUT2D eigenvalue weighted by molar-refractivity contribution is 0.302. The molecule has 4 rings (SSSR count). The Morgan fingerprint density at radius 1 is 1.24 bits per heavy atom. The smallest absolute Gasteiger partial charge is 0.120 e. The number of thiophene rings is 1. The minimum Gasteiger partial charge on any atom is -0.490 e. The van der Waals surface area contributed by atoms with Gasteiger partial charge in [-0.2, -0.15) is 0 Å². The fourth-order valence-corrected chi connectivity index (χ4v) is 4.33. The van der Waals surface area contributed by atoms with Crippen molar-refractivity contribution in [1.29, 1.82) is 0 Å². The van der Waals surface area contributed by atoms with Crippen LogP contribution in [0, 0.1) is 0 Å². The molecule has 2 aliphatic rings. The van der Waals surface area contributed by atoms with Crippen molar-refractivity contribution in [2.45, 2.75) is 44.2 Å². The van der Waals surface area contributed by atoms with Crippen LogP contribution in [0.25, 0.3) is 0 Å². The number of fused-ring (bicyclic) bond motifs is 1. The van der Waals surface area contributed by atoms with Gasteiger partial charge in [0.15, 0.2) is 0 Å². The Morgan fingerprint density at radius 3 is 2.90 bits per heavy atom. The van der Waals surface area contributed by atoms with Crippen LogP contribution in [0.2, 0.25) is 0 Å². The largest absolute Gasteiger partial charge is 0.490 e. The predicted molar refractivity (Wildman–Crippen MR) is 85.6 cm³/mol. The maximum Gasteiger partial charge on any atom is 0.120 e. The molecule has 0 amide bonds. The molecule has 1 aromatic carbocycles. The predicted octanol–water partition coefficient (Wildman–Crippen LogP) is 3.33. The van der Waals surface area contributed by atoms with E-state index in [9.17, 15) is 0 Å². The van der Waals surface area contributed by atoms with Crippen LogP contribution in [0.1, 0.15) is 46.2 Å². The van der Waals surface area contributed by atoms with Crippen LogP contribution in [-0.4, -0.2) is 6.10 Å². The zero-order valence-electron chi connectivity index (χ0n) is 12.0. The number of hydrogen-bond donors (Lipinski definition) is 2. The third-order valence-corrected chi connectivity index (χ3v) is 5.54. The van der Waals surface area contributed by atoms with Crippen molar-refractivity contribution in [3.05, 3.63) is 51.2 Å². The molecule has 1 atom stereocenters. The van der Waals surface area contributed by atoms with Crippen molar-refractivity contribution >= 4 is 11.3 Å². The molecule has 0 spiro atoms. The lowest BCUT2D eigenvalue weighted by Gasteiger charge is -2.16. The number of rotatable bonds is 5. The van der Waals surface area contributed by atoms with Gasteiger partial charge in [-0.1, -0.05) is 12.1 Å². The number of ether oxygens (including phenoxy) is 1. The molecule has 0 radical (unpaired) electrons. The van der Waals surface area contributed by atoms with Crippen LogP contribution >= 0.6 is 11.3 Å². The number of aryl methyl sites for hydroxylation is 2. The van der Waals surface area contributed by atoms with Crippen LogP contribution in [0.5, 0.6) is 5.75 Å². The molecule has 1 heterocycles. The minimum atomic E-state index is 0.0587. The molecular weight excluding hydrogens is 280 g/mol. The molecule has 1 fully saturated rings. The summed E-state index contributed by atoms with van der Waals surface area (Å²) in [6.45, 7) is 0. The van der Waals surface area contributed by atoms with E-state index < -0.39 is 0 Å². The highest BCUT2D eigenvalue weighted by Gasteiger charge is 2.24. The first-order valence-electron chi connectivity index (χ1n) is 7.68. The molecule has 4 heteroatoms. The van der Waals surface area contributed by atoms with Gasteiger partial charge in [-0.3, -0.25) is 5.84 Å². The van der Waals surface area contributed by atoms with Crippen molar-refractivity contribution in [1.82, 2.24) is 5.43 Å². The van der Waals surface area contributed by atoms with E-state index in [-0.39, 0.29) is 6.04 Å². The molecule has 2 aliphatic carbocycles. The van der Waals surface area contributed by atoms with E-state index in [0.29, 0.717) is 6.10 Å². The summed E-state index contributed by atoms with van der Waals surface area (Å²) in [5, 5.41) is 0. The summed E-state index contributed by atoms with van der Waals surface area (Å²) >= 11 is 1.90. The van der Waals surface area contributed by atoms with Crippen LogP contribution < -0.4 is 16.0 Å². The quantitative estimate of drug-likeness (QED) is 0.658. The van der Waals surface area contributed by atoms with Crippen molar-refractivity contribution in [3.63, 3.8) is 0 Å². The summed E-state index contributed by atoms with van der Waals surface area (Å²) in [5.74, 6) is 6.79. The molecule has 3 N–H and O–H groups in total. The highest BCUT2D eigenvalue weighted by Crippen LogP contribution is 2.37. The van der Waals surface area contributed by atoms with Gasteiger partial charge in [0.05, 0.1) is 12.1 Å². The zero-order valence-corrected chi connectivity index (χ0v) is 12.8. The molecule has 2 aromatic rings. The Morgan fingerprint density at radius 2 is 2.14 bits per heavy atom. The standard InChI is InChI=1S/C17H20N2OS/c18-19-17(16-10-11-3-2-6-15(11)21-16)12-4-1-5-14(9-12)20-13-7-8-13/h1,4-5,9-10,13,17,19H,2-3,6-8,18H2. The van der Waals surface area contributed by atoms with E-state index in [1.807, 2.05) is 17.4 Å². The second-order valence-corrected chi connectivity index (χ2v) is 7.11. The first-order chi connectivity index (χ1) is 10.3. The average Bonchev–Trinajstić information content (AvgIpc) is 3.04. The fraction of sp³-hybridized carbons (Fsp3) is 0.412. The maximum absolute atomic E-state index is 5.89. The molecule has 110 valence electrons. The second-order valence-electron chi connectivity index (χ2n) is 5.94. The summed E-state index contributed by atoms with van der Waals surface area (Å²) < 4.78 is 5.89. The van der Waals surface area contributed by atoms with Crippen LogP contribution in [0.3, 0.4) is 0 Å². The minimum absolute atomic E-state index is 0.0587. The molecular formula is C17H20N2OS. The average molecular weight is 300 g/mol. The van der Waals surface area contributed by atoms with Gasteiger partial charge in [-0.15, -0.1) is 11.3 Å². The number of hydrogen-bond acceptors (Lipinski definition) is 4. The van der Waals surface area contributed by atoms with Crippen LogP contribution in [-0.2, 0) is 12.8 Å². The monoisotopic (exact) mass is 300 g/mol. The fourth-order valence-electron chi connectivity index (χ4n) is 2.98. The Bertz CT molecular complexity index is 626. The van der Waals surface area contributed by atoms with Gasteiger partial charge in [0.2, 0.25) is 0 Å². The molecule has 0 saturated heterocycles. The molecule has 1 unspecified atom stereocenters. The summed E-state index contributed by atoms with van der Waals surface area (Å²) in [7, 11) is 0. The normalized spacial score (nSPS) is 18.5. The van der Waals surface area contributed by atoms with E-state index in [1.165, 1.54) is 53.0 Å². The summed E-state index contributed by atoms with van der Waals surface area (Å²) in [5.41, 5.74) is 5.67. The maximum atomic E-state index is 5.89. The zero-order chi connectivity index (χ0) is 14.2. The Labute approximate surface area is 129 Å². The highest BCUT2D eigenvalue weighted by atomic mass is 32.1. The molecule has 0 aliphatic heterocycles. The van der Waals surface area contributed by atoms with Crippen LogP contribution in [0.15, 0.2) is 30.3 Å². The Balaban J connectivity index is 1.61. The third kappa shape index (κ3) is 2.71. The molecule has 1 saturated carbocycles. The molecule has 0 bridgehead atoms. The van der Waals surface area contributed by atoms with Gasteiger partial charge in [0, 0.05) is 9.75 Å².